The van der Waals surface area contributed by atoms with Gasteiger partial charge in [0.1, 0.15) is 5.76 Å². The van der Waals surface area contributed by atoms with Crippen LogP contribution in [0.5, 0.6) is 0 Å². The molecule has 1 spiro atoms. The van der Waals surface area contributed by atoms with Gasteiger partial charge in [0.2, 0.25) is 0 Å². The van der Waals surface area contributed by atoms with E-state index in [4.69, 9.17) is 4.74 Å². The number of nitrogens with one attached hydrogen (secondary N) is 1. The molecule has 138 valence electrons. The lowest BCUT2D eigenvalue weighted by Gasteiger charge is -2.54. The summed E-state index contributed by atoms with van der Waals surface area (Å²) in [5.41, 5.74) is 3.66. The number of methoxy groups -OCH3 is 1. The number of rotatable bonds is 2. The molecule has 0 radical (unpaired) electrons. The van der Waals surface area contributed by atoms with E-state index >= 15 is 0 Å². The van der Waals surface area contributed by atoms with Crippen molar-refractivity contribution in [1.82, 2.24) is 10.2 Å². The zero-order valence-corrected chi connectivity index (χ0v) is 15.5. The van der Waals surface area contributed by atoms with E-state index in [1.54, 1.807) is 0 Å². The molecule has 26 heavy (non-hydrogen) atoms. The Labute approximate surface area is 154 Å². The molecular formula is C21H26N2O3. The van der Waals surface area contributed by atoms with Crippen molar-refractivity contribution in [2.75, 3.05) is 20.2 Å². The van der Waals surface area contributed by atoms with Crippen molar-refractivity contribution in [1.29, 1.82) is 0 Å². The van der Waals surface area contributed by atoms with Crippen molar-refractivity contribution >= 4 is 5.97 Å². The minimum Gasteiger partial charge on any atom is -0.506 e. The van der Waals surface area contributed by atoms with E-state index in [2.05, 4.69) is 29.3 Å². The Balaban J connectivity index is 1.80. The number of nitrogens with zero attached hydrogens (tertiary/aromatic N) is 1. The van der Waals surface area contributed by atoms with Crippen LogP contribution in [-0.4, -0.2) is 42.2 Å². The van der Waals surface area contributed by atoms with Gasteiger partial charge in [-0.2, -0.15) is 0 Å². The Hall–Kier alpha value is -2.01. The van der Waals surface area contributed by atoms with Crippen LogP contribution in [-0.2, 0) is 9.53 Å². The van der Waals surface area contributed by atoms with Gasteiger partial charge < -0.3 is 15.2 Å². The van der Waals surface area contributed by atoms with Crippen molar-refractivity contribution in [3.63, 3.8) is 0 Å². The zero-order valence-electron chi connectivity index (χ0n) is 15.5. The van der Waals surface area contributed by atoms with Crippen LogP contribution in [0.1, 0.15) is 39.0 Å². The fraction of sp³-hybridized carbons (Fsp3) is 0.571. The molecule has 0 bridgehead atoms. The maximum absolute atomic E-state index is 12.7. The summed E-state index contributed by atoms with van der Waals surface area (Å²) in [4.78, 5) is 15.3. The Morgan fingerprint density at radius 3 is 3.12 bits per heavy atom. The molecule has 1 fully saturated rings. The molecule has 0 aromatic rings. The first kappa shape index (κ1) is 16.2. The van der Waals surface area contributed by atoms with Crippen LogP contribution in [0.15, 0.2) is 46.5 Å². The van der Waals surface area contributed by atoms with Crippen molar-refractivity contribution in [3.05, 3.63) is 46.5 Å². The molecule has 0 aromatic heterocycles. The van der Waals surface area contributed by atoms with Crippen molar-refractivity contribution in [3.8, 4) is 0 Å². The van der Waals surface area contributed by atoms with E-state index in [1.165, 1.54) is 12.7 Å². The van der Waals surface area contributed by atoms with Crippen LogP contribution in [0.4, 0.5) is 0 Å². The van der Waals surface area contributed by atoms with E-state index in [1.807, 2.05) is 6.08 Å². The lowest BCUT2D eigenvalue weighted by Crippen LogP contribution is -2.57. The molecule has 3 heterocycles. The maximum atomic E-state index is 12.7. The normalized spacial score (nSPS) is 37.8. The molecule has 3 unspecified atom stereocenters. The first-order chi connectivity index (χ1) is 12.6. The molecule has 5 aliphatic rings. The smallest absolute Gasteiger partial charge is 0.335 e. The number of hydrogen-bond acceptors (Lipinski definition) is 5. The predicted octanol–water partition coefficient (Wildman–Crippen LogP) is 2.94. The van der Waals surface area contributed by atoms with E-state index in [0.29, 0.717) is 18.2 Å². The Bertz CT molecular complexity index is 821. The van der Waals surface area contributed by atoms with Gasteiger partial charge in [-0.15, -0.1) is 0 Å². The summed E-state index contributed by atoms with van der Waals surface area (Å²) in [7, 11) is 1.46. The minimum absolute atomic E-state index is 0.0529. The topological polar surface area (TPSA) is 61.8 Å². The van der Waals surface area contributed by atoms with Gasteiger partial charge in [0.05, 0.1) is 23.8 Å². The fourth-order valence-corrected chi connectivity index (χ4v) is 6.40. The molecule has 0 amide bonds. The molecule has 3 aliphatic heterocycles. The first-order valence-electron chi connectivity index (χ1n) is 9.71. The summed E-state index contributed by atoms with van der Waals surface area (Å²) in [5.74, 6) is 0.0949. The van der Waals surface area contributed by atoms with Crippen LogP contribution in [0.3, 0.4) is 0 Å². The predicted molar refractivity (Wildman–Crippen MR) is 98.0 cm³/mol. The summed E-state index contributed by atoms with van der Waals surface area (Å²) in [6.07, 6.45) is 11.0. The molecular weight excluding hydrogens is 328 g/mol. The Kier molecular flexibility index (Phi) is 3.27. The lowest BCUT2D eigenvalue weighted by atomic mass is 9.54. The Morgan fingerprint density at radius 2 is 2.35 bits per heavy atom. The maximum Gasteiger partial charge on any atom is 0.335 e. The molecule has 1 saturated heterocycles. The van der Waals surface area contributed by atoms with E-state index in [-0.39, 0.29) is 16.8 Å². The van der Waals surface area contributed by atoms with E-state index < -0.39 is 0 Å². The largest absolute Gasteiger partial charge is 0.506 e. The van der Waals surface area contributed by atoms with Crippen molar-refractivity contribution < 1.29 is 14.6 Å². The van der Waals surface area contributed by atoms with Crippen LogP contribution in [0, 0.1) is 10.8 Å². The number of esters is 1. The highest BCUT2D eigenvalue weighted by molar-refractivity contribution is 5.91. The van der Waals surface area contributed by atoms with Crippen LogP contribution >= 0.6 is 0 Å². The van der Waals surface area contributed by atoms with Gasteiger partial charge in [-0.25, -0.2) is 4.79 Å². The third-order valence-electron chi connectivity index (χ3n) is 7.38. The number of hydrogen-bond donors (Lipinski definition) is 2. The average molecular weight is 354 g/mol. The van der Waals surface area contributed by atoms with Gasteiger partial charge in [0.25, 0.3) is 0 Å². The highest BCUT2D eigenvalue weighted by Crippen LogP contribution is 2.65. The standard InChI is InChI=1S/C21H26N2O3/c1-3-20-8-5-10-23-11-9-21(19(20)23)14-6-4-7-15(24)16(14)22-17(21)13(12-20)18(25)26-2/h5,7-8,19,22,24H,3-4,6,9-12H2,1-2H3. The van der Waals surface area contributed by atoms with Gasteiger partial charge in [-0.1, -0.05) is 19.1 Å². The molecule has 5 heteroatoms. The molecule has 2 N–H and O–H groups in total. The minimum atomic E-state index is -0.237. The quantitative estimate of drug-likeness (QED) is 0.590. The van der Waals surface area contributed by atoms with E-state index in [9.17, 15) is 9.90 Å². The molecule has 5 nitrogen and oxygen atoms in total. The third kappa shape index (κ3) is 1.72. The summed E-state index contributed by atoms with van der Waals surface area (Å²) in [5, 5.41) is 14.0. The molecule has 3 atom stereocenters. The van der Waals surface area contributed by atoms with Gasteiger partial charge in [-0.3, -0.25) is 4.90 Å². The number of carbonyl (C=O) groups is 1. The second-order valence-electron chi connectivity index (χ2n) is 8.24. The summed E-state index contributed by atoms with van der Waals surface area (Å²) < 4.78 is 5.18. The fourth-order valence-electron chi connectivity index (χ4n) is 6.40. The van der Waals surface area contributed by atoms with Gasteiger partial charge in [0.15, 0.2) is 0 Å². The van der Waals surface area contributed by atoms with Crippen LogP contribution in [0.25, 0.3) is 0 Å². The zero-order chi connectivity index (χ0) is 18.1. The van der Waals surface area contributed by atoms with Crippen LogP contribution < -0.4 is 5.32 Å². The SMILES string of the molecule is CCC12C=CCN3CCC4(C5=C(NC4=C(C(=O)OC)C1)C(O)=CCC5)C32. The monoisotopic (exact) mass is 354 g/mol. The Morgan fingerprint density at radius 1 is 1.50 bits per heavy atom. The molecule has 0 saturated carbocycles. The first-order valence-corrected chi connectivity index (χ1v) is 9.71. The van der Waals surface area contributed by atoms with Crippen molar-refractivity contribution in [2.45, 2.75) is 45.1 Å². The molecule has 5 rings (SSSR count). The summed E-state index contributed by atoms with van der Waals surface area (Å²) >= 11 is 0. The summed E-state index contributed by atoms with van der Waals surface area (Å²) in [6, 6.07) is 0.347. The van der Waals surface area contributed by atoms with Gasteiger partial charge >= 0.3 is 5.97 Å². The average Bonchev–Trinajstić information content (AvgIpc) is 3.22. The highest BCUT2D eigenvalue weighted by atomic mass is 16.5. The van der Waals surface area contributed by atoms with Gasteiger partial charge in [0, 0.05) is 30.2 Å². The van der Waals surface area contributed by atoms with E-state index in [0.717, 1.165) is 55.7 Å². The second-order valence-corrected chi connectivity index (χ2v) is 8.24. The number of carbonyl (C=O) groups excluding carboxylic acids is 1. The third-order valence-corrected chi connectivity index (χ3v) is 7.38. The molecule has 2 aliphatic carbocycles. The van der Waals surface area contributed by atoms with Gasteiger partial charge in [-0.05, 0) is 43.8 Å². The molecule has 0 aromatic carbocycles. The number of aliphatic hydroxyl groups excluding tert-OH is 1. The second kappa shape index (κ2) is 5.26. The van der Waals surface area contributed by atoms with Crippen molar-refractivity contribution in [2.24, 2.45) is 10.8 Å². The number of ether oxygens (including phenoxy) is 1. The number of aliphatic hydroxyl groups is 1. The lowest BCUT2D eigenvalue weighted by molar-refractivity contribution is -0.137. The number of allylic oxidation sites excluding steroid dienone is 1. The van der Waals surface area contributed by atoms with Crippen LogP contribution in [0.2, 0.25) is 0 Å². The summed E-state index contributed by atoms with van der Waals surface area (Å²) in [6.45, 7) is 4.23. The highest BCUT2D eigenvalue weighted by Gasteiger charge is 2.66.